The minimum Gasteiger partial charge on any atom is -0.505 e. The van der Waals surface area contributed by atoms with Crippen LogP contribution >= 0.6 is 12.4 Å². The lowest BCUT2D eigenvalue weighted by atomic mass is 9.80. The second-order valence-electron chi connectivity index (χ2n) is 6.00. The van der Waals surface area contributed by atoms with Gasteiger partial charge in [0.05, 0.1) is 11.6 Å². The van der Waals surface area contributed by atoms with E-state index in [1.165, 1.54) is 6.07 Å². The number of halogens is 2. The van der Waals surface area contributed by atoms with Crippen LogP contribution in [0, 0.1) is 5.82 Å². The number of benzene rings is 1. The number of amides is 1. The van der Waals surface area contributed by atoms with E-state index in [9.17, 15) is 14.3 Å². The van der Waals surface area contributed by atoms with Crippen LogP contribution < -0.4 is 10.6 Å². The van der Waals surface area contributed by atoms with E-state index in [0.717, 1.165) is 57.5 Å². The van der Waals surface area contributed by atoms with Gasteiger partial charge in [0.25, 0.3) is 5.91 Å². The van der Waals surface area contributed by atoms with Crippen molar-refractivity contribution in [1.29, 1.82) is 0 Å². The molecule has 1 spiro atoms. The highest BCUT2D eigenvalue weighted by Gasteiger charge is 2.43. The number of nitrogens with one attached hydrogen (secondary N) is 2. The molecule has 3 N–H and O–H groups in total. The molecule has 0 aromatic heterocycles. The molecule has 2 heterocycles. The molecule has 0 bridgehead atoms. The summed E-state index contributed by atoms with van der Waals surface area (Å²) in [6.45, 7) is 2.48. The first-order valence-corrected chi connectivity index (χ1v) is 7.75. The number of phenols is 1. The number of rotatable bonds is 2. The fourth-order valence-corrected chi connectivity index (χ4v) is 3.37. The maximum absolute atomic E-state index is 13.1. The first kappa shape index (κ1) is 18.0. The SMILES string of the molecule is Cl.O=C(NC1CCCOC12CCNCC2)c1ccc(F)c(O)c1. The monoisotopic (exact) mass is 344 g/mol. The number of hydrogen-bond donors (Lipinski definition) is 3. The molecule has 0 saturated carbocycles. The smallest absolute Gasteiger partial charge is 0.251 e. The second kappa shape index (κ2) is 7.47. The number of ether oxygens (including phenoxy) is 1. The Kier molecular flexibility index (Phi) is 5.84. The zero-order chi connectivity index (χ0) is 15.6. The van der Waals surface area contributed by atoms with Gasteiger partial charge >= 0.3 is 0 Å². The maximum atomic E-state index is 13.1. The van der Waals surface area contributed by atoms with Gasteiger partial charge in [-0.05, 0) is 57.0 Å². The molecule has 1 aromatic rings. The molecule has 5 nitrogen and oxygen atoms in total. The Morgan fingerprint density at radius 3 is 2.83 bits per heavy atom. The largest absolute Gasteiger partial charge is 0.505 e. The summed E-state index contributed by atoms with van der Waals surface area (Å²) in [5.41, 5.74) is -0.0464. The van der Waals surface area contributed by atoms with Crippen molar-refractivity contribution in [2.45, 2.75) is 37.3 Å². The van der Waals surface area contributed by atoms with E-state index in [4.69, 9.17) is 4.74 Å². The molecule has 3 rings (SSSR count). The molecule has 7 heteroatoms. The van der Waals surface area contributed by atoms with Crippen LogP contribution in [-0.2, 0) is 4.74 Å². The number of piperidine rings is 1. The molecule has 128 valence electrons. The third-order valence-corrected chi connectivity index (χ3v) is 4.63. The van der Waals surface area contributed by atoms with E-state index in [1.807, 2.05) is 0 Å². The number of hydrogen-bond acceptors (Lipinski definition) is 4. The van der Waals surface area contributed by atoms with Gasteiger partial charge in [-0.3, -0.25) is 4.79 Å². The van der Waals surface area contributed by atoms with E-state index < -0.39 is 11.6 Å². The van der Waals surface area contributed by atoms with Crippen LogP contribution in [0.1, 0.15) is 36.0 Å². The van der Waals surface area contributed by atoms with Gasteiger partial charge < -0.3 is 20.5 Å². The standard InChI is InChI=1S/C16H21FN2O3.ClH/c17-12-4-3-11(10-13(12)20)15(21)19-14-2-1-9-22-16(14)5-7-18-8-6-16;/h3-4,10,14,18,20H,1-2,5-9H2,(H,19,21);1H. The molecular formula is C16H22ClFN2O3. The van der Waals surface area contributed by atoms with Crippen LogP contribution in [0.25, 0.3) is 0 Å². The number of carbonyl (C=O) groups is 1. The summed E-state index contributed by atoms with van der Waals surface area (Å²) in [5.74, 6) is -1.54. The van der Waals surface area contributed by atoms with Gasteiger partial charge in [0.1, 0.15) is 0 Å². The molecule has 2 aliphatic heterocycles. The summed E-state index contributed by atoms with van der Waals surface area (Å²) in [7, 11) is 0. The van der Waals surface area contributed by atoms with Crippen molar-refractivity contribution in [1.82, 2.24) is 10.6 Å². The Bertz CT molecular complexity index is 556. The van der Waals surface area contributed by atoms with E-state index in [-0.39, 0.29) is 35.5 Å². The number of aromatic hydroxyl groups is 1. The summed E-state index contributed by atoms with van der Waals surface area (Å²) in [6, 6.07) is 3.58. The first-order valence-electron chi connectivity index (χ1n) is 7.75. The highest BCUT2D eigenvalue weighted by molar-refractivity contribution is 5.94. The van der Waals surface area contributed by atoms with Crippen molar-refractivity contribution < 1.29 is 19.0 Å². The summed E-state index contributed by atoms with van der Waals surface area (Å²) in [4.78, 5) is 12.4. The summed E-state index contributed by atoms with van der Waals surface area (Å²) in [5, 5.41) is 15.7. The predicted molar refractivity (Wildman–Crippen MR) is 86.6 cm³/mol. The molecule has 23 heavy (non-hydrogen) atoms. The van der Waals surface area contributed by atoms with Crippen LogP contribution in [0.3, 0.4) is 0 Å². The van der Waals surface area contributed by atoms with Crippen molar-refractivity contribution >= 4 is 18.3 Å². The Morgan fingerprint density at radius 1 is 1.39 bits per heavy atom. The van der Waals surface area contributed by atoms with Gasteiger partial charge in [-0.1, -0.05) is 0 Å². The normalized spacial score (nSPS) is 23.1. The van der Waals surface area contributed by atoms with Gasteiger partial charge in [0.15, 0.2) is 11.6 Å². The van der Waals surface area contributed by atoms with Crippen LogP contribution in [-0.4, -0.2) is 42.4 Å². The van der Waals surface area contributed by atoms with Gasteiger partial charge in [-0.2, -0.15) is 0 Å². The molecule has 1 aromatic carbocycles. The minimum atomic E-state index is -0.729. The van der Waals surface area contributed by atoms with Gasteiger partial charge in [0, 0.05) is 12.2 Å². The molecule has 2 aliphatic rings. The van der Waals surface area contributed by atoms with E-state index in [2.05, 4.69) is 10.6 Å². The van der Waals surface area contributed by atoms with E-state index in [1.54, 1.807) is 0 Å². The maximum Gasteiger partial charge on any atom is 0.251 e. The fraction of sp³-hybridized carbons (Fsp3) is 0.562. The topological polar surface area (TPSA) is 70.6 Å². The number of phenolic OH excluding ortho intramolecular Hbond substituents is 1. The van der Waals surface area contributed by atoms with E-state index >= 15 is 0 Å². The predicted octanol–water partition coefficient (Wildman–Crippen LogP) is 1.98. The first-order chi connectivity index (χ1) is 10.6. The van der Waals surface area contributed by atoms with Gasteiger partial charge in [-0.25, -0.2) is 4.39 Å². The molecule has 2 saturated heterocycles. The third kappa shape index (κ3) is 3.76. The Morgan fingerprint density at radius 2 is 2.13 bits per heavy atom. The van der Waals surface area contributed by atoms with Gasteiger partial charge in [0.2, 0.25) is 0 Å². The zero-order valence-electron chi connectivity index (χ0n) is 12.8. The van der Waals surface area contributed by atoms with Crippen LogP contribution in [0.15, 0.2) is 18.2 Å². The average molecular weight is 345 g/mol. The zero-order valence-corrected chi connectivity index (χ0v) is 13.6. The molecule has 2 fully saturated rings. The third-order valence-electron chi connectivity index (χ3n) is 4.63. The van der Waals surface area contributed by atoms with Crippen molar-refractivity contribution in [3.05, 3.63) is 29.6 Å². The Balaban J connectivity index is 0.00000192. The summed E-state index contributed by atoms with van der Waals surface area (Å²) >= 11 is 0. The second-order valence-corrected chi connectivity index (χ2v) is 6.00. The van der Waals surface area contributed by atoms with E-state index in [0.29, 0.717) is 0 Å². The molecular weight excluding hydrogens is 323 g/mol. The molecule has 1 amide bonds. The lowest BCUT2D eigenvalue weighted by Gasteiger charge is -2.46. The molecule has 0 radical (unpaired) electrons. The lowest BCUT2D eigenvalue weighted by Crippen LogP contribution is -2.60. The summed E-state index contributed by atoms with van der Waals surface area (Å²) in [6.07, 6.45) is 3.52. The highest BCUT2D eigenvalue weighted by atomic mass is 35.5. The number of carbonyl (C=O) groups excluding carboxylic acids is 1. The fourth-order valence-electron chi connectivity index (χ4n) is 3.37. The quantitative estimate of drug-likeness (QED) is 0.767. The highest BCUT2D eigenvalue weighted by Crippen LogP contribution is 2.33. The lowest BCUT2D eigenvalue weighted by molar-refractivity contribution is -0.114. The molecule has 1 atom stereocenters. The summed E-state index contributed by atoms with van der Waals surface area (Å²) < 4.78 is 19.1. The molecule has 1 unspecified atom stereocenters. The van der Waals surface area contributed by atoms with Crippen LogP contribution in [0.5, 0.6) is 5.75 Å². The van der Waals surface area contributed by atoms with Crippen molar-refractivity contribution in [3.8, 4) is 5.75 Å². The van der Waals surface area contributed by atoms with Crippen molar-refractivity contribution in [2.75, 3.05) is 19.7 Å². The Labute approximate surface area is 141 Å². The van der Waals surface area contributed by atoms with Crippen LogP contribution in [0.4, 0.5) is 4.39 Å². The van der Waals surface area contributed by atoms with Crippen molar-refractivity contribution in [3.63, 3.8) is 0 Å². The minimum absolute atomic E-state index is 0. The van der Waals surface area contributed by atoms with Crippen LogP contribution in [0.2, 0.25) is 0 Å². The average Bonchev–Trinajstić information content (AvgIpc) is 2.53. The molecule has 0 aliphatic carbocycles. The van der Waals surface area contributed by atoms with Crippen molar-refractivity contribution in [2.24, 2.45) is 0 Å². The van der Waals surface area contributed by atoms with Gasteiger partial charge in [-0.15, -0.1) is 12.4 Å². The Hall–Kier alpha value is -1.37.